The Morgan fingerprint density at radius 3 is 2.21 bits per heavy atom. The average molecular weight is 340 g/mol. The molecular weight excluding hydrogens is 312 g/mol. The second-order valence-corrected chi connectivity index (χ2v) is 7.59. The highest BCUT2D eigenvalue weighted by Crippen LogP contribution is 2.36. The van der Waals surface area contributed by atoms with Crippen molar-refractivity contribution >= 4 is 18.0 Å². The molecule has 7 heteroatoms. The van der Waals surface area contributed by atoms with Gasteiger partial charge in [-0.15, -0.1) is 0 Å². The van der Waals surface area contributed by atoms with E-state index in [0.29, 0.717) is 32.8 Å². The fraction of sp³-hybridized carbons (Fsp3) is 0.824. The van der Waals surface area contributed by atoms with Crippen LogP contribution in [0.15, 0.2) is 0 Å². The summed E-state index contributed by atoms with van der Waals surface area (Å²) in [6.45, 7) is 10.9. The molecule has 0 aromatic carbocycles. The number of hydrogen-bond acceptors (Lipinski definition) is 5. The number of rotatable bonds is 2. The summed E-state index contributed by atoms with van der Waals surface area (Å²) in [5.41, 5.74) is -0.559. The van der Waals surface area contributed by atoms with Gasteiger partial charge in [0.15, 0.2) is 0 Å². The predicted octanol–water partition coefficient (Wildman–Crippen LogP) is 1.51. The first-order chi connectivity index (χ1) is 11.1. The molecule has 2 aliphatic rings. The van der Waals surface area contributed by atoms with Gasteiger partial charge < -0.3 is 19.3 Å². The van der Waals surface area contributed by atoms with E-state index < -0.39 is 5.60 Å². The zero-order valence-corrected chi connectivity index (χ0v) is 15.2. The minimum Gasteiger partial charge on any atom is -0.466 e. The summed E-state index contributed by atoms with van der Waals surface area (Å²) in [5.74, 6) is -0.653. The molecule has 7 nitrogen and oxygen atoms in total. The van der Waals surface area contributed by atoms with Gasteiger partial charge in [0.25, 0.3) is 0 Å². The number of esters is 1. The number of nitrogens with zero attached hydrogens (tertiary/aromatic N) is 2. The zero-order valence-electron chi connectivity index (χ0n) is 15.2. The molecule has 0 aromatic heterocycles. The van der Waals surface area contributed by atoms with Gasteiger partial charge in [0, 0.05) is 33.1 Å². The molecule has 0 bridgehead atoms. The standard InChI is InChI=1S/C17H28N2O5/c1-6-23-15(21)14-10-18(11(2)20)7-12-8-19(9-13(12)14)16(22)24-17(3,4)5/h12-14H,6-10H2,1-5H3. The molecule has 0 N–H and O–H groups in total. The van der Waals surface area contributed by atoms with Gasteiger partial charge in [0.05, 0.1) is 12.5 Å². The van der Waals surface area contributed by atoms with Gasteiger partial charge in [-0.2, -0.15) is 0 Å². The maximum Gasteiger partial charge on any atom is 0.410 e. The van der Waals surface area contributed by atoms with Crippen molar-refractivity contribution < 1.29 is 23.9 Å². The monoisotopic (exact) mass is 340 g/mol. The second kappa shape index (κ2) is 6.99. The Bertz CT molecular complexity index is 514. The molecule has 3 unspecified atom stereocenters. The zero-order chi connectivity index (χ0) is 18.1. The Balaban J connectivity index is 2.13. The number of carbonyl (C=O) groups is 3. The van der Waals surface area contributed by atoms with Crippen molar-refractivity contribution in [3.63, 3.8) is 0 Å². The molecule has 0 aromatic rings. The number of carbonyl (C=O) groups excluding carboxylic acids is 3. The predicted molar refractivity (Wildman–Crippen MR) is 87.2 cm³/mol. The Kier molecular flexibility index (Phi) is 5.40. The van der Waals surface area contributed by atoms with Crippen LogP contribution in [0.4, 0.5) is 4.79 Å². The average Bonchev–Trinajstić information content (AvgIpc) is 2.88. The van der Waals surface area contributed by atoms with Crippen LogP contribution in [0.5, 0.6) is 0 Å². The summed E-state index contributed by atoms with van der Waals surface area (Å²) < 4.78 is 10.6. The third-order valence-corrected chi connectivity index (χ3v) is 4.57. The first kappa shape index (κ1) is 18.5. The number of ether oxygens (including phenoxy) is 2. The van der Waals surface area contributed by atoms with E-state index in [2.05, 4.69) is 0 Å². The Morgan fingerprint density at radius 2 is 1.67 bits per heavy atom. The van der Waals surface area contributed by atoms with Gasteiger partial charge in [-0.05, 0) is 39.5 Å². The summed E-state index contributed by atoms with van der Waals surface area (Å²) in [4.78, 5) is 39.8. The Labute approximate surface area is 143 Å². The normalized spacial score (nSPS) is 26.8. The van der Waals surface area contributed by atoms with E-state index in [-0.39, 0.29) is 35.7 Å². The summed E-state index contributed by atoms with van der Waals surface area (Å²) in [6.07, 6.45) is -0.367. The highest BCUT2D eigenvalue weighted by Gasteiger charge is 2.48. The van der Waals surface area contributed by atoms with Gasteiger partial charge in [0.1, 0.15) is 5.60 Å². The maximum absolute atomic E-state index is 12.3. The first-order valence-corrected chi connectivity index (χ1v) is 8.52. The first-order valence-electron chi connectivity index (χ1n) is 8.52. The van der Waals surface area contributed by atoms with Crippen LogP contribution >= 0.6 is 0 Å². The topological polar surface area (TPSA) is 76.2 Å². The molecule has 2 rings (SSSR count). The quantitative estimate of drug-likeness (QED) is 0.712. The maximum atomic E-state index is 12.3. The van der Waals surface area contributed by atoms with E-state index in [1.807, 2.05) is 20.8 Å². The summed E-state index contributed by atoms with van der Waals surface area (Å²) in [5, 5.41) is 0. The molecule has 2 aliphatic heterocycles. The van der Waals surface area contributed by atoms with Crippen LogP contribution < -0.4 is 0 Å². The summed E-state index contributed by atoms with van der Waals surface area (Å²) in [7, 11) is 0. The molecule has 0 saturated carbocycles. The molecule has 24 heavy (non-hydrogen) atoms. The van der Waals surface area contributed by atoms with Crippen molar-refractivity contribution in [1.82, 2.24) is 9.80 Å². The molecule has 3 atom stereocenters. The van der Waals surface area contributed by atoms with Crippen LogP contribution in [0.2, 0.25) is 0 Å². The van der Waals surface area contributed by atoms with Crippen molar-refractivity contribution in [3.8, 4) is 0 Å². The van der Waals surface area contributed by atoms with Crippen LogP contribution in [0, 0.1) is 17.8 Å². The SMILES string of the molecule is CCOC(=O)C1CN(C(C)=O)CC2CN(C(=O)OC(C)(C)C)CC21. The van der Waals surface area contributed by atoms with Crippen LogP contribution in [0.25, 0.3) is 0 Å². The molecular formula is C17H28N2O5. The lowest BCUT2D eigenvalue weighted by molar-refractivity contribution is -0.154. The van der Waals surface area contributed by atoms with Crippen molar-refractivity contribution in [1.29, 1.82) is 0 Å². The van der Waals surface area contributed by atoms with E-state index in [9.17, 15) is 14.4 Å². The smallest absolute Gasteiger partial charge is 0.410 e. The van der Waals surface area contributed by atoms with Gasteiger partial charge >= 0.3 is 12.1 Å². The van der Waals surface area contributed by atoms with Gasteiger partial charge in [0.2, 0.25) is 5.91 Å². The molecule has 2 heterocycles. The van der Waals surface area contributed by atoms with Gasteiger partial charge in [-0.3, -0.25) is 9.59 Å². The Morgan fingerprint density at radius 1 is 1.04 bits per heavy atom. The molecule has 136 valence electrons. The third kappa shape index (κ3) is 4.19. The molecule has 0 spiro atoms. The van der Waals surface area contributed by atoms with Crippen molar-refractivity contribution in [3.05, 3.63) is 0 Å². The fourth-order valence-corrected chi connectivity index (χ4v) is 3.51. The van der Waals surface area contributed by atoms with Crippen LogP contribution in [-0.2, 0) is 19.1 Å². The van der Waals surface area contributed by atoms with Gasteiger partial charge in [-0.1, -0.05) is 0 Å². The summed E-state index contributed by atoms with van der Waals surface area (Å²) in [6, 6.07) is 0. The molecule has 2 fully saturated rings. The van der Waals surface area contributed by atoms with Crippen molar-refractivity contribution in [2.24, 2.45) is 17.8 Å². The van der Waals surface area contributed by atoms with E-state index in [1.54, 1.807) is 16.7 Å². The van der Waals surface area contributed by atoms with Crippen LogP contribution in [0.1, 0.15) is 34.6 Å². The lowest BCUT2D eigenvalue weighted by Crippen LogP contribution is -2.50. The lowest BCUT2D eigenvalue weighted by atomic mass is 9.80. The number of likely N-dealkylation sites (tertiary alicyclic amines) is 2. The second-order valence-electron chi connectivity index (χ2n) is 7.59. The van der Waals surface area contributed by atoms with E-state index in [1.165, 1.54) is 6.92 Å². The fourth-order valence-electron chi connectivity index (χ4n) is 3.51. The molecule has 0 aliphatic carbocycles. The van der Waals surface area contributed by atoms with Gasteiger partial charge in [-0.25, -0.2) is 4.79 Å². The van der Waals surface area contributed by atoms with Crippen LogP contribution in [-0.4, -0.2) is 66.2 Å². The lowest BCUT2D eigenvalue weighted by Gasteiger charge is -2.38. The van der Waals surface area contributed by atoms with E-state index in [0.717, 1.165) is 0 Å². The summed E-state index contributed by atoms with van der Waals surface area (Å²) >= 11 is 0. The minimum atomic E-state index is -0.559. The van der Waals surface area contributed by atoms with Crippen molar-refractivity contribution in [2.75, 3.05) is 32.8 Å². The van der Waals surface area contributed by atoms with E-state index >= 15 is 0 Å². The number of hydrogen-bond donors (Lipinski definition) is 0. The molecule has 2 amide bonds. The molecule has 2 saturated heterocycles. The Hall–Kier alpha value is -1.79. The molecule has 0 radical (unpaired) electrons. The van der Waals surface area contributed by atoms with E-state index in [4.69, 9.17) is 9.47 Å². The number of amides is 2. The van der Waals surface area contributed by atoms with Crippen LogP contribution in [0.3, 0.4) is 0 Å². The van der Waals surface area contributed by atoms with Crippen molar-refractivity contribution in [2.45, 2.75) is 40.2 Å². The number of piperidine rings is 1. The number of fused-ring (bicyclic) bond motifs is 1. The largest absolute Gasteiger partial charge is 0.466 e. The highest BCUT2D eigenvalue weighted by atomic mass is 16.6. The minimum absolute atomic E-state index is 0.00664. The third-order valence-electron chi connectivity index (χ3n) is 4.57. The highest BCUT2D eigenvalue weighted by molar-refractivity contribution is 5.77.